The normalized spacial score (nSPS) is 13.8. The maximum Gasteiger partial charge on any atom is 0.179 e. The van der Waals surface area contributed by atoms with Gasteiger partial charge in [-0.15, -0.1) is 0 Å². The van der Waals surface area contributed by atoms with Crippen molar-refractivity contribution in [1.29, 1.82) is 0 Å². The Bertz CT molecular complexity index is 147. The van der Waals surface area contributed by atoms with E-state index in [9.17, 15) is 0 Å². The highest BCUT2D eigenvalue weighted by Gasteiger charge is 2.11. The van der Waals surface area contributed by atoms with Crippen LogP contribution in [0.3, 0.4) is 0 Å². The largest absolute Gasteiger partial charge is 0.474 e. The molecule has 1 unspecified atom stereocenters. The molecule has 0 aromatic carbocycles. The second-order valence-corrected chi connectivity index (χ2v) is 4.00. The van der Waals surface area contributed by atoms with Crippen molar-refractivity contribution in [3.05, 3.63) is 12.5 Å². The average Bonchev–Trinajstić information content (AvgIpc) is 1.79. The first-order chi connectivity index (χ1) is 5.31. The standard InChI is InChI=1S/C9H20N2O/c1-7(10)6-11-8(2)12-9(3,4)5/h7,11H,2,6,10H2,1,3-5H3. The van der Waals surface area contributed by atoms with Crippen molar-refractivity contribution >= 4 is 0 Å². The molecule has 3 nitrogen and oxygen atoms in total. The van der Waals surface area contributed by atoms with E-state index in [2.05, 4.69) is 11.9 Å². The van der Waals surface area contributed by atoms with Gasteiger partial charge in [0, 0.05) is 12.6 Å². The number of hydrogen-bond donors (Lipinski definition) is 2. The van der Waals surface area contributed by atoms with Gasteiger partial charge in [0.25, 0.3) is 0 Å². The van der Waals surface area contributed by atoms with Crippen molar-refractivity contribution in [2.24, 2.45) is 5.73 Å². The number of hydrogen-bond acceptors (Lipinski definition) is 3. The summed E-state index contributed by atoms with van der Waals surface area (Å²) in [6.45, 7) is 12.3. The van der Waals surface area contributed by atoms with Gasteiger partial charge in [-0.2, -0.15) is 0 Å². The van der Waals surface area contributed by atoms with Crippen molar-refractivity contribution in [1.82, 2.24) is 5.32 Å². The van der Waals surface area contributed by atoms with Crippen molar-refractivity contribution in [3.8, 4) is 0 Å². The van der Waals surface area contributed by atoms with Gasteiger partial charge in [0.15, 0.2) is 5.88 Å². The van der Waals surface area contributed by atoms with Crippen LogP contribution in [0.15, 0.2) is 12.5 Å². The predicted molar refractivity (Wildman–Crippen MR) is 51.6 cm³/mol. The van der Waals surface area contributed by atoms with Crippen LogP contribution in [0.1, 0.15) is 27.7 Å². The van der Waals surface area contributed by atoms with Crippen molar-refractivity contribution < 1.29 is 4.74 Å². The fourth-order valence-corrected chi connectivity index (χ4v) is 0.681. The molecule has 0 aliphatic carbocycles. The van der Waals surface area contributed by atoms with E-state index in [1.807, 2.05) is 27.7 Å². The van der Waals surface area contributed by atoms with Gasteiger partial charge < -0.3 is 15.8 Å². The molecule has 1 atom stereocenters. The van der Waals surface area contributed by atoms with Crippen molar-refractivity contribution in [2.45, 2.75) is 39.3 Å². The molecule has 72 valence electrons. The van der Waals surface area contributed by atoms with Crippen LogP contribution in [0.4, 0.5) is 0 Å². The van der Waals surface area contributed by atoms with Gasteiger partial charge in [-0.3, -0.25) is 0 Å². The molecule has 3 N–H and O–H groups in total. The Morgan fingerprint density at radius 3 is 2.42 bits per heavy atom. The molecule has 0 aromatic rings. The zero-order valence-electron chi connectivity index (χ0n) is 8.48. The minimum absolute atomic E-state index is 0.116. The van der Waals surface area contributed by atoms with Gasteiger partial charge >= 0.3 is 0 Å². The molecular weight excluding hydrogens is 152 g/mol. The highest BCUT2D eigenvalue weighted by molar-refractivity contribution is 4.83. The summed E-state index contributed by atoms with van der Waals surface area (Å²) in [6, 6.07) is 0.116. The minimum atomic E-state index is -0.193. The zero-order valence-corrected chi connectivity index (χ0v) is 8.48. The zero-order chi connectivity index (χ0) is 9.78. The molecular formula is C9H20N2O. The maximum atomic E-state index is 5.55. The van der Waals surface area contributed by atoms with Crippen molar-refractivity contribution in [2.75, 3.05) is 6.54 Å². The summed E-state index contributed by atoms with van der Waals surface area (Å²) in [4.78, 5) is 0. The predicted octanol–water partition coefficient (Wildman–Crippen LogP) is 1.21. The summed E-state index contributed by atoms with van der Waals surface area (Å²) in [5.74, 6) is 0.583. The Kier molecular flexibility index (Phi) is 4.10. The Balaban J connectivity index is 3.61. The van der Waals surface area contributed by atoms with E-state index in [-0.39, 0.29) is 11.6 Å². The van der Waals surface area contributed by atoms with Gasteiger partial charge in [-0.1, -0.05) is 0 Å². The van der Waals surface area contributed by atoms with Crippen LogP contribution < -0.4 is 11.1 Å². The Hall–Kier alpha value is -0.700. The lowest BCUT2D eigenvalue weighted by Gasteiger charge is -2.23. The summed E-state index contributed by atoms with van der Waals surface area (Å²) < 4.78 is 5.43. The third-order valence-electron chi connectivity index (χ3n) is 1.05. The van der Waals surface area contributed by atoms with E-state index in [1.54, 1.807) is 0 Å². The van der Waals surface area contributed by atoms with Crippen LogP contribution in [0.2, 0.25) is 0 Å². The third kappa shape index (κ3) is 7.41. The highest BCUT2D eigenvalue weighted by atomic mass is 16.5. The summed E-state index contributed by atoms with van der Waals surface area (Å²) in [6.07, 6.45) is 0. The molecule has 0 aromatic heterocycles. The molecule has 0 saturated heterocycles. The second kappa shape index (κ2) is 4.36. The molecule has 0 rings (SSSR count). The summed E-state index contributed by atoms with van der Waals surface area (Å²) in [5.41, 5.74) is 5.35. The second-order valence-electron chi connectivity index (χ2n) is 4.00. The van der Waals surface area contributed by atoms with E-state index in [4.69, 9.17) is 10.5 Å². The van der Waals surface area contributed by atoms with E-state index in [0.29, 0.717) is 12.4 Å². The summed E-state index contributed by atoms with van der Waals surface area (Å²) >= 11 is 0. The summed E-state index contributed by atoms with van der Waals surface area (Å²) in [5, 5.41) is 3.00. The molecule has 12 heavy (non-hydrogen) atoms. The van der Waals surface area contributed by atoms with E-state index < -0.39 is 0 Å². The molecule has 3 heteroatoms. The van der Waals surface area contributed by atoms with E-state index in [1.165, 1.54) is 0 Å². The van der Waals surface area contributed by atoms with Crippen molar-refractivity contribution in [3.63, 3.8) is 0 Å². The van der Waals surface area contributed by atoms with Crippen LogP contribution in [-0.2, 0) is 4.74 Å². The smallest absolute Gasteiger partial charge is 0.179 e. The first kappa shape index (κ1) is 11.3. The quantitative estimate of drug-likeness (QED) is 0.627. The SMILES string of the molecule is C=C(NCC(C)N)OC(C)(C)C. The Morgan fingerprint density at radius 1 is 1.58 bits per heavy atom. The fraction of sp³-hybridized carbons (Fsp3) is 0.778. The fourth-order valence-electron chi connectivity index (χ4n) is 0.681. The first-order valence-corrected chi connectivity index (χ1v) is 4.18. The van der Waals surface area contributed by atoms with Crippen LogP contribution in [0.25, 0.3) is 0 Å². The molecule has 0 amide bonds. The lowest BCUT2D eigenvalue weighted by atomic mass is 10.2. The van der Waals surface area contributed by atoms with E-state index >= 15 is 0 Å². The lowest BCUT2D eigenvalue weighted by molar-refractivity contribution is 0.0413. The molecule has 0 aliphatic heterocycles. The highest BCUT2D eigenvalue weighted by Crippen LogP contribution is 2.09. The number of rotatable bonds is 4. The Labute approximate surface area is 75.0 Å². The van der Waals surface area contributed by atoms with Gasteiger partial charge in [0.05, 0.1) is 0 Å². The molecule has 0 fully saturated rings. The lowest BCUT2D eigenvalue weighted by Crippen LogP contribution is -2.33. The molecule has 0 spiro atoms. The van der Waals surface area contributed by atoms with Gasteiger partial charge in [0.2, 0.25) is 0 Å². The number of nitrogens with one attached hydrogen (secondary N) is 1. The third-order valence-corrected chi connectivity index (χ3v) is 1.05. The maximum absolute atomic E-state index is 5.55. The molecule has 0 radical (unpaired) electrons. The molecule has 0 aliphatic rings. The minimum Gasteiger partial charge on any atom is -0.474 e. The van der Waals surface area contributed by atoms with Gasteiger partial charge in [0.1, 0.15) is 5.60 Å². The molecule has 0 saturated carbocycles. The number of ether oxygens (including phenoxy) is 1. The number of nitrogens with two attached hydrogens (primary N) is 1. The van der Waals surface area contributed by atoms with Crippen LogP contribution in [-0.4, -0.2) is 18.2 Å². The first-order valence-electron chi connectivity index (χ1n) is 4.18. The Morgan fingerprint density at radius 2 is 2.08 bits per heavy atom. The topological polar surface area (TPSA) is 47.3 Å². The molecule has 0 heterocycles. The van der Waals surface area contributed by atoms with E-state index in [0.717, 1.165) is 0 Å². The van der Waals surface area contributed by atoms with Gasteiger partial charge in [-0.05, 0) is 34.3 Å². The monoisotopic (exact) mass is 172 g/mol. The van der Waals surface area contributed by atoms with Crippen LogP contribution >= 0.6 is 0 Å². The average molecular weight is 172 g/mol. The van der Waals surface area contributed by atoms with Crippen LogP contribution in [0, 0.1) is 0 Å². The summed E-state index contributed by atoms with van der Waals surface area (Å²) in [7, 11) is 0. The molecule has 0 bridgehead atoms. The van der Waals surface area contributed by atoms with Crippen LogP contribution in [0.5, 0.6) is 0 Å². The van der Waals surface area contributed by atoms with Gasteiger partial charge in [-0.25, -0.2) is 0 Å².